The first kappa shape index (κ1) is 12.5. The summed E-state index contributed by atoms with van der Waals surface area (Å²) < 4.78 is 0. The maximum absolute atomic E-state index is 11.7. The molecule has 1 saturated carbocycles. The molecular formula is C13H18N2OS. The molecule has 3 nitrogen and oxygen atoms in total. The van der Waals surface area contributed by atoms with Gasteiger partial charge in [0.25, 0.3) is 0 Å². The van der Waals surface area contributed by atoms with Crippen molar-refractivity contribution < 1.29 is 4.79 Å². The Morgan fingerprint density at radius 1 is 1.53 bits per heavy atom. The van der Waals surface area contributed by atoms with Gasteiger partial charge in [-0.2, -0.15) is 0 Å². The molecule has 0 atom stereocenters. The van der Waals surface area contributed by atoms with E-state index in [9.17, 15) is 4.79 Å². The zero-order valence-corrected chi connectivity index (χ0v) is 11.1. The molecule has 4 heteroatoms. The molecule has 0 heterocycles. The summed E-state index contributed by atoms with van der Waals surface area (Å²) in [4.78, 5) is 12.9. The first-order chi connectivity index (χ1) is 8.05. The van der Waals surface area contributed by atoms with Crippen molar-refractivity contribution in [1.82, 2.24) is 5.32 Å². The molecular weight excluding hydrogens is 232 g/mol. The fourth-order valence-corrected chi connectivity index (χ4v) is 2.42. The summed E-state index contributed by atoms with van der Waals surface area (Å²) in [5.74, 6) is -0.0230. The number of carbonyl (C=O) groups is 1. The Bertz CT molecular complexity index is 441. The number of rotatable bonds is 4. The second-order valence-electron chi connectivity index (χ2n) is 4.65. The van der Waals surface area contributed by atoms with Crippen molar-refractivity contribution in [1.29, 1.82) is 0 Å². The van der Waals surface area contributed by atoms with E-state index in [2.05, 4.69) is 30.4 Å². The Labute approximate surface area is 106 Å². The van der Waals surface area contributed by atoms with Crippen molar-refractivity contribution >= 4 is 17.7 Å². The van der Waals surface area contributed by atoms with Gasteiger partial charge in [-0.1, -0.05) is 12.1 Å². The van der Waals surface area contributed by atoms with Crippen LogP contribution in [0.5, 0.6) is 0 Å². The smallest absolute Gasteiger partial charge is 0.240 e. The third kappa shape index (κ3) is 2.82. The monoisotopic (exact) mass is 250 g/mol. The molecule has 1 aliphatic rings. The molecule has 17 heavy (non-hydrogen) atoms. The molecule has 1 aliphatic carbocycles. The number of hydrogen-bond donors (Lipinski definition) is 2. The van der Waals surface area contributed by atoms with Crippen LogP contribution in [0.1, 0.15) is 24.0 Å². The molecule has 0 radical (unpaired) electrons. The van der Waals surface area contributed by atoms with Crippen molar-refractivity contribution in [3.05, 3.63) is 29.3 Å². The lowest BCUT2D eigenvalue weighted by Crippen LogP contribution is -2.42. The number of nitrogens with two attached hydrogens (primary N) is 1. The summed E-state index contributed by atoms with van der Waals surface area (Å²) in [6.07, 6.45) is 3.66. The highest BCUT2D eigenvalue weighted by atomic mass is 32.2. The number of nitrogens with one attached hydrogen (secondary N) is 1. The molecule has 1 aromatic rings. The van der Waals surface area contributed by atoms with Gasteiger partial charge < -0.3 is 11.1 Å². The number of amides is 1. The van der Waals surface area contributed by atoms with Crippen molar-refractivity contribution in [2.45, 2.75) is 36.7 Å². The van der Waals surface area contributed by atoms with E-state index < -0.39 is 5.54 Å². The van der Waals surface area contributed by atoms with Crippen LogP contribution in [0.15, 0.2) is 23.1 Å². The number of thioether (sulfide) groups is 1. The fraction of sp³-hybridized carbons (Fsp3) is 0.462. The van der Waals surface area contributed by atoms with Crippen LogP contribution in [0.4, 0.5) is 0 Å². The number of benzene rings is 1. The van der Waals surface area contributed by atoms with E-state index in [1.807, 2.05) is 6.26 Å². The standard InChI is InChI=1S/C13H18N2OS/c1-9-3-4-10(11(7-9)17-2)8-15-12(16)13(14)5-6-13/h3-4,7H,5-6,8,14H2,1-2H3,(H,15,16). The van der Waals surface area contributed by atoms with Crippen LogP contribution in [0, 0.1) is 6.92 Å². The summed E-state index contributed by atoms with van der Waals surface area (Å²) >= 11 is 1.70. The Morgan fingerprint density at radius 2 is 2.24 bits per heavy atom. The number of carbonyl (C=O) groups excluding carboxylic acids is 1. The van der Waals surface area contributed by atoms with Gasteiger partial charge in [-0.15, -0.1) is 11.8 Å². The molecule has 0 bridgehead atoms. The summed E-state index contributed by atoms with van der Waals surface area (Å²) in [5.41, 5.74) is 7.64. The van der Waals surface area contributed by atoms with E-state index in [1.54, 1.807) is 11.8 Å². The van der Waals surface area contributed by atoms with Gasteiger partial charge in [-0.25, -0.2) is 0 Å². The normalized spacial score (nSPS) is 16.6. The van der Waals surface area contributed by atoms with Crippen molar-refractivity contribution in [2.24, 2.45) is 5.73 Å². The Balaban J connectivity index is 2.01. The Kier molecular flexibility index (Phi) is 3.45. The molecule has 3 N–H and O–H groups in total. The Hall–Kier alpha value is -1.00. The van der Waals surface area contributed by atoms with E-state index in [0.717, 1.165) is 18.4 Å². The van der Waals surface area contributed by atoms with Crippen molar-refractivity contribution in [3.8, 4) is 0 Å². The maximum atomic E-state index is 11.7. The van der Waals surface area contributed by atoms with Gasteiger partial charge in [0.05, 0.1) is 5.54 Å². The average molecular weight is 250 g/mol. The molecule has 92 valence electrons. The minimum Gasteiger partial charge on any atom is -0.350 e. The average Bonchev–Trinajstić information content (AvgIpc) is 3.06. The number of aryl methyl sites for hydroxylation is 1. The lowest BCUT2D eigenvalue weighted by atomic mass is 10.1. The van der Waals surface area contributed by atoms with Crippen LogP contribution in [0.3, 0.4) is 0 Å². The molecule has 0 aliphatic heterocycles. The summed E-state index contributed by atoms with van der Waals surface area (Å²) in [6.45, 7) is 2.63. The maximum Gasteiger partial charge on any atom is 0.240 e. The van der Waals surface area contributed by atoms with Crippen LogP contribution in [-0.2, 0) is 11.3 Å². The zero-order chi connectivity index (χ0) is 12.5. The fourth-order valence-electron chi connectivity index (χ4n) is 1.71. The Morgan fingerprint density at radius 3 is 2.82 bits per heavy atom. The minimum absolute atomic E-state index is 0.0230. The predicted molar refractivity (Wildman–Crippen MR) is 71.0 cm³/mol. The lowest BCUT2D eigenvalue weighted by Gasteiger charge is -2.12. The van der Waals surface area contributed by atoms with Gasteiger partial charge in [0, 0.05) is 11.4 Å². The van der Waals surface area contributed by atoms with Gasteiger partial charge in [0.2, 0.25) is 5.91 Å². The van der Waals surface area contributed by atoms with Gasteiger partial charge in [-0.3, -0.25) is 4.79 Å². The van der Waals surface area contributed by atoms with Crippen LogP contribution in [-0.4, -0.2) is 17.7 Å². The predicted octanol–water partition coefficient (Wildman–Crippen LogP) is 1.82. The lowest BCUT2D eigenvalue weighted by molar-refractivity contribution is -0.123. The first-order valence-corrected chi connectivity index (χ1v) is 6.98. The molecule has 0 aromatic heterocycles. The quantitative estimate of drug-likeness (QED) is 0.802. The van der Waals surface area contributed by atoms with Crippen LogP contribution >= 0.6 is 11.8 Å². The van der Waals surface area contributed by atoms with Gasteiger partial charge in [-0.05, 0) is 43.2 Å². The van der Waals surface area contributed by atoms with E-state index in [4.69, 9.17) is 5.73 Å². The van der Waals surface area contributed by atoms with E-state index in [0.29, 0.717) is 6.54 Å². The second kappa shape index (κ2) is 4.70. The highest BCUT2D eigenvalue weighted by molar-refractivity contribution is 7.98. The molecule has 1 amide bonds. The highest BCUT2D eigenvalue weighted by Crippen LogP contribution is 2.32. The molecule has 1 aromatic carbocycles. The molecule has 1 fully saturated rings. The van der Waals surface area contributed by atoms with Crippen molar-refractivity contribution in [3.63, 3.8) is 0 Å². The summed E-state index contributed by atoms with van der Waals surface area (Å²) in [7, 11) is 0. The van der Waals surface area contributed by atoms with E-state index in [-0.39, 0.29) is 5.91 Å². The molecule has 0 spiro atoms. The highest BCUT2D eigenvalue weighted by Gasteiger charge is 2.45. The summed E-state index contributed by atoms with van der Waals surface area (Å²) in [5, 5.41) is 2.92. The van der Waals surface area contributed by atoms with E-state index >= 15 is 0 Å². The largest absolute Gasteiger partial charge is 0.350 e. The van der Waals surface area contributed by atoms with E-state index in [1.165, 1.54) is 10.5 Å². The van der Waals surface area contributed by atoms with Gasteiger partial charge >= 0.3 is 0 Å². The topological polar surface area (TPSA) is 55.1 Å². The third-order valence-electron chi connectivity index (χ3n) is 3.12. The summed E-state index contributed by atoms with van der Waals surface area (Å²) in [6, 6.07) is 6.27. The first-order valence-electron chi connectivity index (χ1n) is 5.76. The zero-order valence-electron chi connectivity index (χ0n) is 10.2. The van der Waals surface area contributed by atoms with Crippen LogP contribution < -0.4 is 11.1 Å². The number of hydrogen-bond acceptors (Lipinski definition) is 3. The van der Waals surface area contributed by atoms with Gasteiger partial charge in [0.1, 0.15) is 0 Å². The molecule has 2 rings (SSSR count). The SMILES string of the molecule is CSc1cc(C)ccc1CNC(=O)C1(N)CC1. The van der Waals surface area contributed by atoms with Crippen LogP contribution in [0.25, 0.3) is 0 Å². The second-order valence-corrected chi connectivity index (χ2v) is 5.50. The third-order valence-corrected chi connectivity index (χ3v) is 3.94. The van der Waals surface area contributed by atoms with Gasteiger partial charge in [0.15, 0.2) is 0 Å². The van der Waals surface area contributed by atoms with Crippen molar-refractivity contribution in [2.75, 3.05) is 6.26 Å². The molecule has 0 saturated heterocycles. The minimum atomic E-state index is -0.579. The van der Waals surface area contributed by atoms with Crippen LogP contribution in [0.2, 0.25) is 0 Å². The molecule has 0 unspecified atom stereocenters.